The van der Waals surface area contributed by atoms with Gasteiger partial charge in [-0.15, -0.1) is 0 Å². The van der Waals surface area contributed by atoms with Crippen LogP contribution >= 0.6 is 0 Å². The average molecular weight is 434 g/mol. The Labute approximate surface area is 191 Å². The topological polar surface area (TPSA) is 36.0 Å². The minimum Gasteiger partial charge on any atom is -0.375 e. The summed E-state index contributed by atoms with van der Waals surface area (Å²) < 4.78 is 6.39. The van der Waals surface area contributed by atoms with Crippen LogP contribution in [0, 0.1) is 0 Å². The third-order valence-corrected chi connectivity index (χ3v) is 7.64. The molecule has 3 fully saturated rings. The van der Waals surface area contributed by atoms with E-state index in [4.69, 9.17) is 4.74 Å². The zero-order valence-corrected chi connectivity index (χ0v) is 19.0. The van der Waals surface area contributed by atoms with E-state index >= 15 is 0 Å². The van der Waals surface area contributed by atoms with Crippen LogP contribution in [0.5, 0.6) is 0 Å². The van der Waals surface area contributed by atoms with E-state index in [1.165, 1.54) is 5.69 Å². The highest BCUT2D eigenvalue weighted by atomic mass is 16.5. The Morgan fingerprint density at radius 3 is 2.22 bits per heavy atom. The molecule has 0 bridgehead atoms. The number of rotatable bonds is 4. The SMILES string of the molecule is O=C(Cc1ccccc1)N1CCC2(CC1)CC(N1CCN(c3ccccc3)CC1)CCO2. The number of anilines is 1. The molecule has 1 atom stereocenters. The molecule has 0 aliphatic carbocycles. The summed E-state index contributed by atoms with van der Waals surface area (Å²) in [6, 6.07) is 21.4. The van der Waals surface area contributed by atoms with Crippen molar-refractivity contribution in [2.24, 2.45) is 0 Å². The lowest BCUT2D eigenvalue weighted by molar-refractivity contribution is -0.148. The molecule has 170 valence electrons. The maximum absolute atomic E-state index is 12.8. The van der Waals surface area contributed by atoms with Crippen molar-refractivity contribution < 1.29 is 9.53 Å². The van der Waals surface area contributed by atoms with Crippen LogP contribution < -0.4 is 4.90 Å². The Balaban J connectivity index is 1.12. The number of piperidine rings is 1. The molecule has 3 aliphatic heterocycles. The molecule has 0 saturated carbocycles. The van der Waals surface area contributed by atoms with Gasteiger partial charge in [-0.05, 0) is 43.4 Å². The van der Waals surface area contributed by atoms with Gasteiger partial charge in [0.25, 0.3) is 0 Å². The third-order valence-electron chi connectivity index (χ3n) is 7.64. The zero-order chi connectivity index (χ0) is 21.8. The molecule has 3 heterocycles. The predicted molar refractivity (Wildman–Crippen MR) is 128 cm³/mol. The average Bonchev–Trinajstić information content (AvgIpc) is 2.86. The second kappa shape index (κ2) is 9.63. The van der Waals surface area contributed by atoms with Crippen molar-refractivity contribution in [3.8, 4) is 0 Å². The number of carbonyl (C=O) groups excluding carboxylic acids is 1. The molecule has 1 unspecified atom stereocenters. The largest absolute Gasteiger partial charge is 0.375 e. The summed E-state index contributed by atoms with van der Waals surface area (Å²) in [6.45, 7) is 6.92. The molecule has 0 radical (unpaired) electrons. The van der Waals surface area contributed by atoms with Crippen LogP contribution in [0.1, 0.15) is 31.2 Å². The van der Waals surface area contributed by atoms with Gasteiger partial charge in [-0.25, -0.2) is 0 Å². The monoisotopic (exact) mass is 433 g/mol. The summed E-state index contributed by atoms with van der Waals surface area (Å²) in [4.78, 5) is 20.0. The highest BCUT2D eigenvalue weighted by molar-refractivity contribution is 5.78. The van der Waals surface area contributed by atoms with Gasteiger partial charge < -0.3 is 14.5 Å². The van der Waals surface area contributed by atoms with Gasteiger partial charge in [-0.2, -0.15) is 0 Å². The van der Waals surface area contributed by atoms with Crippen LogP contribution in [0.2, 0.25) is 0 Å². The van der Waals surface area contributed by atoms with Crippen LogP contribution in [0.15, 0.2) is 60.7 Å². The van der Waals surface area contributed by atoms with Crippen LogP contribution in [-0.4, -0.2) is 73.2 Å². The fraction of sp³-hybridized carbons (Fsp3) is 0.519. The number of benzene rings is 2. The normalized spacial score (nSPS) is 23.9. The maximum Gasteiger partial charge on any atom is 0.226 e. The number of likely N-dealkylation sites (tertiary alicyclic amines) is 1. The first-order chi connectivity index (χ1) is 15.7. The first-order valence-electron chi connectivity index (χ1n) is 12.2. The number of amides is 1. The number of hydrogen-bond donors (Lipinski definition) is 0. The summed E-state index contributed by atoms with van der Waals surface area (Å²) in [5.74, 6) is 0.246. The van der Waals surface area contributed by atoms with E-state index in [0.29, 0.717) is 12.5 Å². The second-order valence-corrected chi connectivity index (χ2v) is 9.58. The first kappa shape index (κ1) is 21.5. The van der Waals surface area contributed by atoms with E-state index in [1.807, 2.05) is 35.2 Å². The molecule has 32 heavy (non-hydrogen) atoms. The van der Waals surface area contributed by atoms with Crippen molar-refractivity contribution >= 4 is 11.6 Å². The Bertz CT molecular complexity index is 872. The lowest BCUT2D eigenvalue weighted by atomic mass is 9.81. The van der Waals surface area contributed by atoms with E-state index in [1.54, 1.807) is 0 Å². The molecule has 1 amide bonds. The van der Waals surface area contributed by atoms with Crippen molar-refractivity contribution in [2.45, 2.75) is 43.7 Å². The third kappa shape index (κ3) is 4.84. The number of nitrogens with zero attached hydrogens (tertiary/aromatic N) is 3. The van der Waals surface area contributed by atoms with Crippen LogP contribution in [0.4, 0.5) is 5.69 Å². The molecule has 2 aromatic carbocycles. The van der Waals surface area contributed by atoms with Gasteiger partial charge in [0.15, 0.2) is 0 Å². The quantitative estimate of drug-likeness (QED) is 0.738. The number of hydrogen-bond acceptors (Lipinski definition) is 4. The lowest BCUT2D eigenvalue weighted by Crippen LogP contribution is -2.57. The Hall–Kier alpha value is -2.37. The highest BCUT2D eigenvalue weighted by Crippen LogP contribution is 2.37. The minimum absolute atomic E-state index is 0.0387. The van der Waals surface area contributed by atoms with Gasteiger partial charge in [0.05, 0.1) is 12.0 Å². The predicted octanol–water partition coefficient (Wildman–Crippen LogP) is 3.59. The Morgan fingerprint density at radius 1 is 0.875 bits per heavy atom. The van der Waals surface area contributed by atoms with E-state index < -0.39 is 0 Å². The number of para-hydroxylation sites is 1. The second-order valence-electron chi connectivity index (χ2n) is 9.58. The maximum atomic E-state index is 12.8. The molecule has 5 rings (SSSR count). The van der Waals surface area contributed by atoms with E-state index in [2.05, 4.69) is 40.1 Å². The summed E-state index contributed by atoms with van der Waals surface area (Å²) in [5.41, 5.74) is 2.40. The van der Waals surface area contributed by atoms with Gasteiger partial charge in [0, 0.05) is 57.6 Å². The van der Waals surface area contributed by atoms with Crippen molar-refractivity contribution in [3.63, 3.8) is 0 Å². The number of piperazine rings is 1. The van der Waals surface area contributed by atoms with Crippen LogP contribution in [0.3, 0.4) is 0 Å². The van der Waals surface area contributed by atoms with Crippen LogP contribution in [0.25, 0.3) is 0 Å². The smallest absolute Gasteiger partial charge is 0.226 e. The molecular formula is C27H35N3O2. The van der Waals surface area contributed by atoms with Gasteiger partial charge in [0.1, 0.15) is 0 Å². The van der Waals surface area contributed by atoms with E-state index in [9.17, 15) is 4.79 Å². The van der Waals surface area contributed by atoms with Gasteiger partial charge >= 0.3 is 0 Å². The fourth-order valence-corrected chi connectivity index (χ4v) is 5.69. The Kier molecular flexibility index (Phi) is 6.47. The number of carbonyl (C=O) groups is 1. The fourth-order valence-electron chi connectivity index (χ4n) is 5.69. The standard InChI is InChI=1S/C27H35N3O2/c31-26(21-23-7-3-1-4-8-23)30-14-12-27(13-15-30)22-25(11-20-32-27)29-18-16-28(17-19-29)24-9-5-2-6-10-24/h1-10,25H,11-22H2. The first-order valence-corrected chi connectivity index (χ1v) is 12.2. The van der Waals surface area contributed by atoms with Crippen LogP contribution in [-0.2, 0) is 16.0 Å². The van der Waals surface area contributed by atoms with Gasteiger partial charge in [-0.1, -0.05) is 48.5 Å². The molecule has 0 N–H and O–H groups in total. The molecule has 2 aromatic rings. The number of ether oxygens (including phenoxy) is 1. The molecule has 3 aliphatic rings. The van der Waals surface area contributed by atoms with Crippen molar-refractivity contribution in [3.05, 3.63) is 66.2 Å². The molecular weight excluding hydrogens is 398 g/mol. The minimum atomic E-state index is -0.0387. The van der Waals surface area contributed by atoms with Gasteiger partial charge in [-0.3, -0.25) is 9.69 Å². The van der Waals surface area contributed by atoms with Gasteiger partial charge in [0.2, 0.25) is 5.91 Å². The lowest BCUT2D eigenvalue weighted by Gasteiger charge is -2.50. The van der Waals surface area contributed by atoms with Crippen molar-refractivity contribution in [1.29, 1.82) is 0 Å². The van der Waals surface area contributed by atoms with E-state index in [-0.39, 0.29) is 11.5 Å². The molecule has 5 nitrogen and oxygen atoms in total. The summed E-state index contributed by atoms with van der Waals surface area (Å²) >= 11 is 0. The summed E-state index contributed by atoms with van der Waals surface area (Å²) in [6.07, 6.45) is 4.67. The van der Waals surface area contributed by atoms with E-state index in [0.717, 1.165) is 77.1 Å². The van der Waals surface area contributed by atoms with Crippen molar-refractivity contribution in [2.75, 3.05) is 50.8 Å². The Morgan fingerprint density at radius 2 is 1.53 bits per heavy atom. The van der Waals surface area contributed by atoms with Crippen molar-refractivity contribution in [1.82, 2.24) is 9.80 Å². The molecule has 5 heteroatoms. The summed E-state index contributed by atoms with van der Waals surface area (Å²) in [5, 5.41) is 0. The molecule has 3 saturated heterocycles. The highest BCUT2D eigenvalue weighted by Gasteiger charge is 2.42. The molecule has 0 aromatic heterocycles. The zero-order valence-electron chi connectivity index (χ0n) is 19.0. The summed E-state index contributed by atoms with van der Waals surface area (Å²) in [7, 11) is 0. The molecule has 1 spiro atoms.